The SMILES string of the molecule is CCN(Cc1ccc(C#N)cc1)Cc1ccc(Cl)s1. The van der Waals surface area contributed by atoms with Crippen LogP contribution in [0.1, 0.15) is 22.9 Å². The van der Waals surface area contributed by atoms with Crippen LogP contribution in [0.5, 0.6) is 0 Å². The van der Waals surface area contributed by atoms with Crippen molar-refractivity contribution in [3.8, 4) is 6.07 Å². The molecule has 2 aromatic rings. The molecule has 0 aliphatic carbocycles. The monoisotopic (exact) mass is 290 g/mol. The molecule has 0 fully saturated rings. The van der Waals surface area contributed by atoms with Crippen LogP contribution in [0, 0.1) is 11.3 Å². The Balaban J connectivity index is 2.00. The molecule has 0 bridgehead atoms. The molecule has 19 heavy (non-hydrogen) atoms. The summed E-state index contributed by atoms with van der Waals surface area (Å²) in [4.78, 5) is 3.63. The van der Waals surface area contributed by atoms with Crippen LogP contribution in [0.25, 0.3) is 0 Å². The van der Waals surface area contributed by atoms with Crippen molar-refractivity contribution in [2.75, 3.05) is 6.54 Å². The van der Waals surface area contributed by atoms with Crippen LogP contribution in [0.3, 0.4) is 0 Å². The number of nitrogens with zero attached hydrogens (tertiary/aromatic N) is 2. The van der Waals surface area contributed by atoms with Crippen LogP contribution in [-0.4, -0.2) is 11.4 Å². The number of nitriles is 1. The van der Waals surface area contributed by atoms with E-state index in [9.17, 15) is 0 Å². The van der Waals surface area contributed by atoms with Crippen LogP contribution in [0.2, 0.25) is 4.34 Å². The van der Waals surface area contributed by atoms with Gasteiger partial charge in [-0.05, 0) is 36.4 Å². The van der Waals surface area contributed by atoms with Gasteiger partial charge in [0.15, 0.2) is 0 Å². The van der Waals surface area contributed by atoms with Crippen molar-refractivity contribution in [3.05, 3.63) is 56.7 Å². The van der Waals surface area contributed by atoms with Crippen molar-refractivity contribution in [1.29, 1.82) is 5.26 Å². The summed E-state index contributed by atoms with van der Waals surface area (Å²) in [5, 5.41) is 8.78. The topological polar surface area (TPSA) is 27.0 Å². The Labute approximate surface area is 122 Å². The molecule has 0 saturated carbocycles. The van der Waals surface area contributed by atoms with E-state index in [2.05, 4.69) is 24.0 Å². The van der Waals surface area contributed by atoms with Crippen molar-refractivity contribution in [3.63, 3.8) is 0 Å². The summed E-state index contributed by atoms with van der Waals surface area (Å²) < 4.78 is 0.837. The van der Waals surface area contributed by atoms with Crippen molar-refractivity contribution in [2.45, 2.75) is 20.0 Å². The second-order valence-corrected chi connectivity index (χ2v) is 6.12. The van der Waals surface area contributed by atoms with Gasteiger partial charge in [-0.3, -0.25) is 4.90 Å². The maximum absolute atomic E-state index is 8.78. The van der Waals surface area contributed by atoms with E-state index in [0.717, 1.165) is 24.0 Å². The van der Waals surface area contributed by atoms with E-state index in [1.807, 2.05) is 30.3 Å². The second-order valence-electron chi connectivity index (χ2n) is 4.32. The Morgan fingerprint density at radius 2 is 1.89 bits per heavy atom. The first-order chi connectivity index (χ1) is 9.21. The number of hydrogen-bond acceptors (Lipinski definition) is 3. The first kappa shape index (κ1) is 14.1. The fourth-order valence-electron chi connectivity index (χ4n) is 1.88. The van der Waals surface area contributed by atoms with Gasteiger partial charge in [-0.2, -0.15) is 5.26 Å². The molecule has 2 nitrogen and oxygen atoms in total. The van der Waals surface area contributed by atoms with Gasteiger partial charge in [0.25, 0.3) is 0 Å². The van der Waals surface area contributed by atoms with Crippen molar-refractivity contribution in [1.82, 2.24) is 4.90 Å². The van der Waals surface area contributed by atoms with Crippen molar-refractivity contribution < 1.29 is 0 Å². The van der Waals surface area contributed by atoms with Crippen molar-refractivity contribution >= 4 is 22.9 Å². The zero-order chi connectivity index (χ0) is 13.7. The van der Waals surface area contributed by atoms with Gasteiger partial charge in [0, 0.05) is 18.0 Å². The molecule has 0 N–H and O–H groups in total. The van der Waals surface area contributed by atoms with Gasteiger partial charge in [-0.1, -0.05) is 30.7 Å². The number of rotatable bonds is 5. The summed E-state index contributed by atoms with van der Waals surface area (Å²) in [6.45, 7) is 4.93. The summed E-state index contributed by atoms with van der Waals surface area (Å²) in [7, 11) is 0. The lowest BCUT2D eigenvalue weighted by Gasteiger charge is -2.19. The largest absolute Gasteiger partial charge is 0.294 e. The molecule has 0 unspecified atom stereocenters. The van der Waals surface area contributed by atoms with Gasteiger partial charge >= 0.3 is 0 Å². The van der Waals surface area contributed by atoms with Gasteiger partial charge in [-0.15, -0.1) is 11.3 Å². The zero-order valence-corrected chi connectivity index (χ0v) is 12.3. The Kier molecular flexibility index (Phi) is 4.98. The molecule has 0 radical (unpaired) electrons. The highest BCUT2D eigenvalue weighted by molar-refractivity contribution is 7.16. The van der Waals surface area contributed by atoms with Gasteiger partial charge < -0.3 is 0 Å². The lowest BCUT2D eigenvalue weighted by atomic mass is 10.1. The Morgan fingerprint density at radius 3 is 2.42 bits per heavy atom. The second kappa shape index (κ2) is 6.72. The highest BCUT2D eigenvalue weighted by atomic mass is 35.5. The maximum Gasteiger partial charge on any atom is 0.0991 e. The Bertz CT molecular complexity index is 569. The Morgan fingerprint density at radius 1 is 1.16 bits per heavy atom. The first-order valence-corrected chi connectivity index (χ1v) is 7.36. The number of hydrogen-bond donors (Lipinski definition) is 0. The van der Waals surface area contributed by atoms with E-state index < -0.39 is 0 Å². The summed E-state index contributed by atoms with van der Waals surface area (Å²) in [5.74, 6) is 0. The third-order valence-electron chi connectivity index (χ3n) is 2.94. The maximum atomic E-state index is 8.78. The molecular weight excluding hydrogens is 276 g/mol. The van der Waals surface area contributed by atoms with E-state index in [0.29, 0.717) is 5.56 Å². The summed E-state index contributed by atoms with van der Waals surface area (Å²) >= 11 is 7.58. The van der Waals surface area contributed by atoms with Crippen LogP contribution in [0.15, 0.2) is 36.4 Å². The standard InChI is InChI=1S/C15H15ClN2S/c1-2-18(11-14-7-8-15(16)19-14)10-13-5-3-12(9-17)4-6-13/h3-8H,2,10-11H2,1H3. The molecule has 0 amide bonds. The summed E-state index contributed by atoms with van der Waals surface area (Å²) in [6.07, 6.45) is 0. The lowest BCUT2D eigenvalue weighted by molar-refractivity contribution is 0.274. The molecule has 98 valence electrons. The minimum absolute atomic E-state index is 0.705. The van der Waals surface area contributed by atoms with E-state index >= 15 is 0 Å². The molecule has 1 heterocycles. The Hall–Kier alpha value is -1.34. The molecule has 0 saturated heterocycles. The normalized spacial score (nSPS) is 10.6. The van der Waals surface area contributed by atoms with E-state index in [1.165, 1.54) is 10.4 Å². The average Bonchev–Trinajstić information content (AvgIpc) is 2.84. The van der Waals surface area contributed by atoms with Crippen LogP contribution < -0.4 is 0 Å². The fraction of sp³-hybridized carbons (Fsp3) is 0.267. The quantitative estimate of drug-likeness (QED) is 0.821. The van der Waals surface area contributed by atoms with Gasteiger partial charge in [0.2, 0.25) is 0 Å². The number of halogens is 1. The number of benzene rings is 1. The van der Waals surface area contributed by atoms with Crippen molar-refractivity contribution in [2.24, 2.45) is 0 Å². The van der Waals surface area contributed by atoms with E-state index in [-0.39, 0.29) is 0 Å². The molecule has 1 aromatic heterocycles. The predicted octanol–water partition coefficient (Wildman–Crippen LogP) is 4.30. The first-order valence-electron chi connectivity index (χ1n) is 6.17. The van der Waals surface area contributed by atoms with Crippen LogP contribution >= 0.6 is 22.9 Å². The van der Waals surface area contributed by atoms with Crippen LogP contribution in [0.4, 0.5) is 0 Å². The van der Waals surface area contributed by atoms with Gasteiger partial charge in [0.05, 0.1) is 16.0 Å². The minimum atomic E-state index is 0.705. The average molecular weight is 291 g/mol. The van der Waals surface area contributed by atoms with E-state index in [1.54, 1.807) is 11.3 Å². The molecule has 2 rings (SSSR count). The van der Waals surface area contributed by atoms with Gasteiger partial charge in [-0.25, -0.2) is 0 Å². The highest BCUT2D eigenvalue weighted by Gasteiger charge is 2.07. The molecule has 4 heteroatoms. The van der Waals surface area contributed by atoms with Gasteiger partial charge in [0.1, 0.15) is 0 Å². The molecule has 0 aliphatic rings. The molecule has 0 spiro atoms. The molecule has 0 aliphatic heterocycles. The minimum Gasteiger partial charge on any atom is -0.294 e. The number of thiophene rings is 1. The molecule has 0 atom stereocenters. The third-order valence-corrected chi connectivity index (χ3v) is 4.16. The molecule has 1 aromatic carbocycles. The van der Waals surface area contributed by atoms with E-state index in [4.69, 9.17) is 16.9 Å². The smallest absolute Gasteiger partial charge is 0.0991 e. The summed E-state index contributed by atoms with van der Waals surface area (Å²) in [6, 6.07) is 13.9. The summed E-state index contributed by atoms with van der Waals surface area (Å²) in [5.41, 5.74) is 1.93. The highest BCUT2D eigenvalue weighted by Crippen LogP contribution is 2.23. The fourth-order valence-corrected chi connectivity index (χ4v) is 3.01. The van der Waals surface area contributed by atoms with Crippen LogP contribution in [-0.2, 0) is 13.1 Å². The lowest BCUT2D eigenvalue weighted by Crippen LogP contribution is -2.21. The predicted molar refractivity (Wildman–Crippen MR) is 80.3 cm³/mol. The third kappa shape index (κ3) is 4.07. The molecular formula is C15H15ClN2S. The zero-order valence-electron chi connectivity index (χ0n) is 10.8.